The lowest BCUT2D eigenvalue weighted by molar-refractivity contribution is 0.104. The van der Waals surface area contributed by atoms with Gasteiger partial charge in [0.1, 0.15) is 17.3 Å². The minimum Gasteiger partial charge on any atom is -0.396 e. The number of carbonyl (C=O) groups is 1. The highest BCUT2D eigenvalue weighted by Gasteiger charge is 2.25. The van der Waals surface area contributed by atoms with E-state index in [2.05, 4.69) is 44.6 Å². The molecule has 4 N–H and O–H groups in total. The summed E-state index contributed by atoms with van der Waals surface area (Å²) < 4.78 is 13.9. The van der Waals surface area contributed by atoms with Crippen LogP contribution in [0, 0.1) is 11.7 Å². The number of aliphatic hydroxyl groups is 1. The summed E-state index contributed by atoms with van der Waals surface area (Å²) >= 11 is 0. The largest absolute Gasteiger partial charge is 0.396 e. The highest BCUT2D eigenvalue weighted by Crippen LogP contribution is 2.32. The summed E-state index contributed by atoms with van der Waals surface area (Å²) in [6, 6.07) is 14.1. The number of carbonyl (C=O) groups excluding carboxylic acids is 1. The zero-order chi connectivity index (χ0) is 28.3. The number of anilines is 4. The van der Waals surface area contributed by atoms with Crippen LogP contribution in [0.3, 0.4) is 0 Å². The Hall–Kier alpha value is -4.02. The summed E-state index contributed by atoms with van der Waals surface area (Å²) in [5.41, 5.74) is 3.22. The van der Waals surface area contributed by atoms with E-state index in [1.54, 1.807) is 12.3 Å². The number of aromatic amines is 1. The van der Waals surface area contributed by atoms with Gasteiger partial charge in [0.15, 0.2) is 5.78 Å². The number of halogens is 1. The second-order valence-corrected chi connectivity index (χ2v) is 11.2. The zero-order valence-corrected chi connectivity index (χ0v) is 23.2. The molecule has 1 saturated carbocycles. The van der Waals surface area contributed by atoms with Gasteiger partial charge in [0.25, 0.3) is 0 Å². The first kappa shape index (κ1) is 27.2. The number of nitrogens with one attached hydrogen (secondary N) is 3. The Morgan fingerprint density at radius 3 is 2.51 bits per heavy atom. The van der Waals surface area contributed by atoms with Crippen molar-refractivity contribution in [2.75, 3.05) is 55.4 Å². The third-order valence-electron chi connectivity index (χ3n) is 8.30. The third-order valence-corrected chi connectivity index (χ3v) is 8.30. The highest BCUT2D eigenvalue weighted by molar-refractivity contribution is 6.18. The van der Waals surface area contributed by atoms with Crippen LogP contribution >= 0.6 is 0 Å². The molecule has 10 heteroatoms. The van der Waals surface area contributed by atoms with Crippen LogP contribution in [0.15, 0.2) is 54.7 Å². The first-order chi connectivity index (χ1) is 20.0. The van der Waals surface area contributed by atoms with Crippen LogP contribution in [0.1, 0.15) is 41.6 Å². The average molecular weight is 558 g/mol. The molecule has 1 saturated heterocycles. The molecule has 1 aliphatic carbocycles. The number of nitrogens with zero attached hydrogens (tertiary/aromatic N) is 4. The number of hydrogen-bond donors (Lipinski definition) is 4. The molecular weight excluding hydrogens is 521 g/mol. The number of ketones is 1. The predicted molar refractivity (Wildman–Crippen MR) is 160 cm³/mol. The van der Waals surface area contributed by atoms with Crippen molar-refractivity contribution in [1.82, 2.24) is 19.9 Å². The number of benzene rings is 2. The third kappa shape index (κ3) is 6.03. The van der Waals surface area contributed by atoms with Crippen molar-refractivity contribution in [2.45, 2.75) is 31.7 Å². The van der Waals surface area contributed by atoms with Crippen molar-refractivity contribution in [2.24, 2.45) is 5.92 Å². The maximum atomic E-state index is 13.9. The number of aromatic nitrogens is 3. The molecule has 9 nitrogen and oxygen atoms in total. The molecule has 2 fully saturated rings. The van der Waals surface area contributed by atoms with E-state index in [1.807, 2.05) is 12.1 Å². The molecular formula is C31H36FN7O2. The van der Waals surface area contributed by atoms with Crippen LogP contribution in [0.4, 0.5) is 27.5 Å². The summed E-state index contributed by atoms with van der Waals surface area (Å²) in [5, 5.41) is 17.0. The minimum atomic E-state index is -0.462. The van der Waals surface area contributed by atoms with Crippen LogP contribution in [-0.2, 0) is 0 Å². The van der Waals surface area contributed by atoms with Gasteiger partial charge in [0.2, 0.25) is 5.95 Å². The first-order valence-corrected chi connectivity index (χ1v) is 14.3. The Kier molecular flexibility index (Phi) is 7.84. The van der Waals surface area contributed by atoms with E-state index >= 15 is 0 Å². The van der Waals surface area contributed by atoms with E-state index in [-0.39, 0.29) is 24.0 Å². The molecule has 1 aliphatic heterocycles. The second-order valence-electron chi connectivity index (χ2n) is 11.2. The number of H-pyrrole nitrogens is 1. The fourth-order valence-electron chi connectivity index (χ4n) is 5.79. The smallest absolute Gasteiger partial charge is 0.231 e. The normalized spacial score (nSPS) is 19.8. The summed E-state index contributed by atoms with van der Waals surface area (Å²) in [5.74, 6) is 0.521. The van der Waals surface area contributed by atoms with Gasteiger partial charge in [0, 0.05) is 62.0 Å². The van der Waals surface area contributed by atoms with Crippen molar-refractivity contribution in [3.05, 3.63) is 71.7 Å². The molecule has 0 radical (unpaired) electrons. The summed E-state index contributed by atoms with van der Waals surface area (Å²) in [6.45, 7) is 4.30. The lowest BCUT2D eigenvalue weighted by Crippen LogP contribution is -2.44. The van der Waals surface area contributed by atoms with E-state index < -0.39 is 5.82 Å². The Morgan fingerprint density at radius 1 is 1.05 bits per heavy atom. The summed E-state index contributed by atoms with van der Waals surface area (Å²) in [4.78, 5) is 30.8. The molecule has 0 spiro atoms. The number of piperazine rings is 1. The van der Waals surface area contributed by atoms with Crippen LogP contribution in [0.5, 0.6) is 0 Å². The lowest BCUT2D eigenvalue weighted by atomic mass is 9.86. The van der Waals surface area contributed by atoms with E-state index in [9.17, 15) is 14.3 Å². The number of fused-ring (bicyclic) bond motifs is 1. The maximum Gasteiger partial charge on any atom is 0.231 e. The topological polar surface area (TPSA) is 109 Å². The van der Waals surface area contributed by atoms with Crippen molar-refractivity contribution in [3.63, 3.8) is 0 Å². The zero-order valence-electron chi connectivity index (χ0n) is 23.2. The standard InChI is InChI=1S/C31H36FN7O2/c1-38-13-15-39(16-14-38)25-11-9-24(10-12-25)35-31-36-29-27(30(37-31)34-23-7-5-20(19-40)6-8-23)26(18-33-29)28(41)21-3-2-4-22(32)17-21/h2-4,9-12,17-18,20,23,40H,5-8,13-16,19H2,1H3,(H3,33,34,35,36,37). The molecule has 0 atom stereocenters. The van der Waals surface area contributed by atoms with Crippen LogP contribution in [0.25, 0.3) is 11.0 Å². The number of likely N-dealkylation sites (N-methyl/N-ethyl adjacent to an activating group) is 1. The van der Waals surface area contributed by atoms with Gasteiger partial charge in [-0.05, 0) is 75.0 Å². The number of rotatable bonds is 8. The number of hydrogen-bond acceptors (Lipinski definition) is 8. The summed E-state index contributed by atoms with van der Waals surface area (Å²) in [6.07, 6.45) is 5.26. The summed E-state index contributed by atoms with van der Waals surface area (Å²) in [7, 11) is 2.15. The first-order valence-electron chi connectivity index (χ1n) is 14.3. The highest BCUT2D eigenvalue weighted by atomic mass is 19.1. The molecule has 2 aliphatic rings. The van der Waals surface area contributed by atoms with E-state index in [0.29, 0.717) is 34.3 Å². The Balaban J connectivity index is 1.29. The molecule has 0 amide bonds. The molecule has 41 heavy (non-hydrogen) atoms. The van der Waals surface area contributed by atoms with Crippen LogP contribution in [0.2, 0.25) is 0 Å². The van der Waals surface area contributed by atoms with Gasteiger partial charge in [-0.3, -0.25) is 4.79 Å². The molecule has 0 bridgehead atoms. The van der Waals surface area contributed by atoms with Gasteiger partial charge in [-0.2, -0.15) is 9.97 Å². The monoisotopic (exact) mass is 557 g/mol. The molecule has 4 aromatic rings. The van der Waals surface area contributed by atoms with Gasteiger partial charge in [-0.15, -0.1) is 0 Å². The molecule has 0 unspecified atom stereocenters. The predicted octanol–water partition coefficient (Wildman–Crippen LogP) is 4.79. The molecule has 6 rings (SSSR count). The van der Waals surface area contributed by atoms with Gasteiger partial charge in [-0.25, -0.2) is 4.39 Å². The van der Waals surface area contributed by atoms with E-state index in [1.165, 1.54) is 23.9 Å². The second kappa shape index (κ2) is 11.8. The molecule has 2 aromatic heterocycles. The lowest BCUT2D eigenvalue weighted by Gasteiger charge is -2.34. The average Bonchev–Trinajstić information content (AvgIpc) is 3.42. The van der Waals surface area contributed by atoms with Crippen LogP contribution in [-0.4, -0.2) is 76.6 Å². The fourth-order valence-corrected chi connectivity index (χ4v) is 5.79. The van der Waals surface area contributed by atoms with E-state index in [0.717, 1.165) is 57.5 Å². The van der Waals surface area contributed by atoms with Crippen molar-refractivity contribution >= 4 is 40.0 Å². The van der Waals surface area contributed by atoms with Crippen molar-refractivity contribution < 1.29 is 14.3 Å². The van der Waals surface area contributed by atoms with Gasteiger partial charge < -0.3 is 30.5 Å². The fraction of sp³-hybridized carbons (Fsp3) is 0.387. The molecule has 214 valence electrons. The quantitative estimate of drug-likeness (QED) is 0.229. The SMILES string of the molecule is CN1CCN(c2ccc(Nc3nc(NC4CCC(CO)CC4)c4c(C(=O)c5cccc(F)c5)c[nH]c4n3)cc2)CC1. The maximum absolute atomic E-state index is 13.9. The molecule has 3 heterocycles. The van der Waals surface area contributed by atoms with Crippen molar-refractivity contribution in [1.29, 1.82) is 0 Å². The Labute approximate surface area is 238 Å². The van der Waals surface area contributed by atoms with E-state index in [4.69, 9.17) is 9.97 Å². The Bertz CT molecular complexity index is 1510. The van der Waals surface area contributed by atoms with Crippen LogP contribution < -0.4 is 15.5 Å². The number of aliphatic hydroxyl groups excluding tert-OH is 1. The van der Waals surface area contributed by atoms with Crippen molar-refractivity contribution in [3.8, 4) is 0 Å². The minimum absolute atomic E-state index is 0.152. The van der Waals surface area contributed by atoms with Gasteiger partial charge in [0.05, 0.1) is 10.9 Å². The van der Waals surface area contributed by atoms with Gasteiger partial charge >= 0.3 is 0 Å². The molecule has 2 aromatic carbocycles. The van der Waals surface area contributed by atoms with Gasteiger partial charge in [-0.1, -0.05) is 12.1 Å². The Morgan fingerprint density at radius 2 is 1.80 bits per heavy atom.